The molecule has 0 aromatic heterocycles. The first kappa shape index (κ1) is 15.0. The molecule has 0 heterocycles. The van der Waals surface area contributed by atoms with Gasteiger partial charge in [-0.15, -0.1) is 12.4 Å². The maximum Gasteiger partial charge on any atom is 0.0500 e. The molecule has 3 N–H and O–H groups in total. The molecular weight excluding hydrogens is 246 g/mol. The molecule has 0 amide bonds. The average molecular weight is 266 g/mol. The van der Waals surface area contributed by atoms with Crippen LogP contribution >= 0.6 is 12.4 Å². The molecule has 0 fully saturated rings. The zero-order valence-electron chi connectivity index (χ0n) is 10.8. The maximum atomic E-state index is 9.36. The summed E-state index contributed by atoms with van der Waals surface area (Å²) in [5, 5.41) is 11.8. The van der Waals surface area contributed by atoms with E-state index in [0.29, 0.717) is 0 Å². The molecule has 2 rings (SSSR count). The third kappa shape index (κ3) is 2.83. The lowest BCUT2D eigenvalue weighted by Crippen LogP contribution is -2.32. The molecule has 98 valence electrons. The second kappa shape index (κ2) is 5.70. The van der Waals surface area contributed by atoms with E-state index in [1.54, 1.807) is 0 Å². The lowest BCUT2D eigenvalue weighted by Gasteiger charge is -2.29. The number of aliphatic hydroxyl groups is 1. The predicted molar refractivity (Wildman–Crippen MR) is 79.0 cm³/mol. The van der Waals surface area contributed by atoms with Crippen LogP contribution in [0.1, 0.15) is 25.5 Å². The van der Waals surface area contributed by atoms with Gasteiger partial charge in [0, 0.05) is 18.1 Å². The zero-order chi connectivity index (χ0) is 12.5. The highest BCUT2D eigenvalue weighted by atomic mass is 35.5. The average Bonchev–Trinajstić information content (AvgIpc) is 2.37. The highest BCUT2D eigenvalue weighted by molar-refractivity contribution is 5.85. The third-order valence-corrected chi connectivity index (χ3v) is 3.38. The molecule has 0 aliphatic carbocycles. The first-order chi connectivity index (χ1) is 8.04. The third-order valence-electron chi connectivity index (χ3n) is 3.38. The molecule has 18 heavy (non-hydrogen) atoms. The van der Waals surface area contributed by atoms with Gasteiger partial charge in [0.15, 0.2) is 0 Å². The minimum atomic E-state index is -0.303. The Labute approximate surface area is 114 Å². The molecule has 0 unspecified atom stereocenters. The number of halogens is 1. The van der Waals surface area contributed by atoms with Crippen molar-refractivity contribution in [2.75, 3.05) is 6.61 Å². The Hall–Kier alpha value is -1.09. The Morgan fingerprint density at radius 3 is 2.33 bits per heavy atom. The van der Waals surface area contributed by atoms with E-state index >= 15 is 0 Å². The molecule has 2 nitrogen and oxygen atoms in total. The summed E-state index contributed by atoms with van der Waals surface area (Å²) in [6.07, 6.45) is 0. The number of aliphatic hydroxyl groups excluding tert-OH is 1. The van der Waals surface area contributed by atoms with Crippen LogP contribution in [0.15, 0.2) is 42.5 Å². The highest BCUT2D eigenvalue weighted by Crippen LogP contribution is 2.31. The van der Waals surface area contributed by atoms with Crippen molar-refractivity contribution in [2.45, 2.75) is 19.9 Å². The highest BCUT2D eigenvalue weighted by Gasteiger charge is 2.26. The summed E-state index contributed by atoms with van der Waals surface area (Å²) in [7, 11) is 0. The van der Waals surface area contributed by atoms with Crippen LogP contribution in [0.25, 0.3) is 10.8 Å². The van der Waals surface area contributed by atoms with Gasteiger partial charge >= 0.3 is 0 Å². The van der Waals surface area contributed by atoms with Crippen LogP contribution in [0.3, 0.4) is 0 Å². The number of rotatable bonds is 3. The van der Waals surface area contributed by atoms with E-state index in [1.165, 1.54) is 10.8 Å². The molecule has 3 heteroatoms. The second-order valence-electron chi connectivity index (χ2n) is 5.23. The van der Waals surface area contributed by atoms with Gasteiger partial charge in [0.2, 0.25) is 0 Å². The summed E-state index contributed by atoms with van der Waals surface area (Å²) in [5.41, 5.74) is 6.98. The monoisotopic (exact) mass is 265 g/mol. The standard InChI is InChI=1S/C15H19NO.ClH/c1-15(2,10-17)14(16)13-8-7-11-5-3-4-6-12(11)9-13;/h3-9,14,17H,10,16H2,1-2H3;1H/t14-;/m0./s1. The van der Waals surface area contributed by atoms with Gasteiger partial charge in [0.05, 0.1) is 0 Å². The van der Waals surface area contributed by atoms with E-state index in [2.05, 4.69) is 24.3 Å². The van der Waals surface area contributed by atoms with Crippen molar-refractivity contribution in [1.82, 2.24) is 0 Å². The van der Waals surface area contributed by atoms with Crippen molar-refractivity contribution in [2.24, 2.45) is 11.1 Å². The number of hydrogen-bond acceptors (Lipinski definition) is 2. The summed E-state index contributed by atoms with van der Waals surface area (Å²) in [5.74, 6) is 0. The van der Waals surface area contributed by atoms with Crippen LogP contribution in [0.2, 0.25) is 0 Å². The fraction of sp³-hybridized carbons (Fsp3) is 0.333. The van der Waals surface area contributed by atoms with Gasteiger partial charge in [-0.2, -0.15) is 0 Å². The van der Waals surface area contributed by atoms with Gasteiger partial charge in [0.25, 0.3) is 0 Å². The van der Waals surface area contributed by atoms with Crippen LogP contribution in [-0.4, -0.2) is 11.7 Å². The molecule has 0 aliphatic heterocycles. The zero-order valence-corrected chi connectivity index (χ0v) is 11.6. The Morgan fingerprint density at radius 2 is 1.72 bits per heavy atom. The van der Waals surface area contributed by atoms with Gasteiger partial charge in [0.1, 0.15) is 0 Å². The fourth-order valence-electron chi connectivity index (χ4n) is 1.95. The SMILES string of the molecule is CC(C)(CO)[C@@H](N)c1ccc2ccccc2c1.Cl. The number of nitrogens with two attached hydrogens (primary N) is 1. The normalized spacial score (nSPS) is 13.1. The Bertz CT molecular complexity index is 525. The molecule has 0 aliphatic rings. The first-order valence-corrected chi connectivity index (χ1v) is 5.90. The van der Waals surface area contributed by atoms with Crippen molar-refractivity contribution < 1.29 is 5.11 Å². The van der Waals surface area contributed by atoms with E-state index in [1.807, 2.05) is 32.0 Å². The molecule has 0 saturated carbocycles. The Morgan fingerprint density at radius 1 is 1.11 bits per heavy atom. The number of fused-ring (bicyclic) bond motifs is 1. The van der Waals surface area contributed by atoms with E-state index in [-0.39, 0.29) is 30.5 Å². The smallest absolute Gasteiger partial charge is 0.0500 e. The Kier molecular flexibility index (Phi) is 4.74. The number of hydrogen-bond donors (Lipinski definition) is 2. The number of benzene rings is 2. The molecule has 1 atom stereocenters. The second-order valence-corrected chi connectivity index (χ2v) is 5.23. The van der Waals surface area contributed by atoms with Crippen molar-refractivity contribution in [3.05, 3.63) is 48.0 Å². The van der Waals surface area contributed by atoms with Gasteiger partial charge in [-0.1, -0.05) is 50.2 Å². The van der Waals surface area contributed by atoms with Crippen molar-refractivity contribution >= 4 is 23.2 Å². The minimum Gasteiger partial charge on any atom is -0.396 e. The van der Waals surface area contributed by atoms with Crippen molar-refractivity contribution in [1.29, 1.82) is 0 Å². The predicted octanol–water partition coefficient (Wildman–Crippen LogP) is 3.28. The molecule has 2 aromatic rings. The first-order valence-electron chi connectivity index (χ1n) is 5.90. The van der Waals surface area contributed by atoms with Crippen molar-refractivity contribution in [3.8, 4) is 0 Å². The molecule has 0 spiro atoms. The summed E-state index contributed by atoms with van der Waals surface area (Å²) in [6, 6.07) is 14.3. The fourth-order valence-corrected chi connectivity index (χ4v) is 1.95. The molecule has 0 saturated heterocycles. The van der Waals surface area contributed by atoms with E-state index in [9.17, 15) is 5.11 Å². The summed E-state index contributed by atoms with van der Waals surface area (Å²) >= 11 is 0. The summed E-state index contributed by atoms with van der Waals surface area (Å²) in [4.78, 5) is 0. The molecule has 0 radical (unpaired) electrons. The largest absolute Gasteiger partial charge is 0.396 e. The van der Waals surface area contributed by atoms with Crippen molar-refractivity contribution in [3.63, 3.8) is 0 Å². The molecular formula is C15H20ClNO. The quantitative estimate of drug-likeness (QED) is 0.895. The van der Waals surface area contributed by atoms with Crippen LogP contribution in [0.4, 0.5) is 0 Å². The summed E-state index contributed by atoms with van der Waals surface area (Å²) in [6.45, 7) is 4.04. The summed E-state index contributed by atoms with van der Waals surface area (Å²) < 4.78 is 0. The van der Waals surface area contributed by atoms with Gasteiger partial charge < -0.3 is 10.8 Å². The van der Waals surface area contributed by atoms with E-state index in [4.69, 9.17) is 5.73 Å². The van der Waals surface area contributed by atoms with Crippen LogP contribution < -0.4 is 5.73 Å². The van der Waals surface area contributed by atoms with Gasteiger partial charge in [-0.05, 0) is 22.4 Å². The topological polar surface area (TPSA) is 46.2 Å². The lowest BCUT2D eigenvalue weighted by molar-refractivity contribution is 0.132. The lowest BCUT2D eigenvalue weighted by atomic mass is 9.81. The van der Waals surface area contributed by atoms with Gasteiger partial charge in [-0.3, -0.25) is 0 Å². The van der Waals surface area contributed by atoms with Crippen LogP contribution in [-0.2, 0) is 0 Å². The van der Waals surface area contributed by atoms with Crippen LogP contribution in [0.5, 0.6) is 0 Å². The minimum absolute atomic E-state index is 0. The molecule has 2 aromatic carbocycles. The van der Waals surface area contributed by atoms with E-state index in [0.717, 1.165) is 5.56 Å². The Balaban J connectivity index is 0.00000162. The molecule has 0 bridgehead atoms. The van der Waals surface area contributed by atoms with Crippen LogP contribution in [0, 0.1) is 5.41 Å². The van der Waals surface area contributed by atoms with Gasteiger partial charge in [-0.25, -0.2) is 0 Å². The van der Waals surface area contributed by atoms with E-state index < -0.39 is 0 Å². The maximum absolute atomic E-state index is 9.36.